The van der Waals surface area contributed by atoms with E-state index in [2.05, 4.69) is 25.5 Å². The Bertz CT molecular complexity index is 1060. The Morgan fingerprint density at radius 3 is 2.50 bits per heavy atom. The zero-order valence-corrected chi connectivity index (χ0v) is 15.5. The molecule has 0 atom stereocenters. The number of carbonyl (C=O) groups is 1. The monoisotopic (exact) mass is 420 g/mol. The van der Waals surface area contributed by atoms with Gasteiger partial charge in [0.05, 0.1) is 17.6 Å². The van der Waals surface area contributed by atoms with E-state index in [1.807, 2.05) is 0 Å². The van der Waals surface area contributed by atoms with Gasteiger partial charge in [-0.3, -0.25) is 4.79 Å². The molecule has 1 saturated heterocycles. The molecule has 0 aliphatic carbocycles. The normalized spacial score (nSPS) is 14.2. The third kappa shape index (κ3) is 3.95. The van der Waals surface area contributed by atoms with Crippen LogP contribution in [0, 0.1) is 5.82 Å². The SMILES string of the molecule is O=C(Nc1ccc(N2CCCC2)nc1)c1nnn(-c2cccc(F)c2)c1C(F)(F)F. The first-order valence-electron chi connectivity index (χ1n) is 9.14. The first-order chi connectivity index (χ1) is 14.3. The molecule has 3 heterocycles. The lowest BCUT2D eigenvalue weighted by atomic mass is 10.2. The third-order valence-electron chi connectivity index (χ3n) is 4.64. The van der Waals surface area contributed by atoms with Gasteiger partial charge in [-0.2, -0.15) is 13.2 Å². The first-order valence-corrected chi connectivity index (χ1v) is 9.14. The Morgan fingerprint density at radius 1 is 1.10 bits per heavy atom. The fourth-order valence-electron chi connectivity index (χ4n) is 3.26. The molecule has 1 N–H and O–H groups in total. The number of aromatic nitrogens is 4. The zero-order valence-electron chi connectivity index (χ0n) is 15.5. The Hall–Kier alpha value is -3.50. The summed E-state index contributed by atoms with van der Waals surface area (Å²) in [5, 5.41) is 9.17. The minimum atomic E-state index is -4.94. The minimum Gasteiger partial charge on any atom is -0.357 e. The molecule has 0 saturated carbocycles. The van der Waals surface area contributed by atoms with Crippen molar-refractivity contribution in [1.82, 2.24) is 20.0 Å². The molecule has 0 radical (unpaired) electrons. The van der Waals surface area contributed by atoms with E-state index in [0.717, 1.165) is 43.9 Å². The van der Waals surface area contributed by atoms with Gasteiger partial charge in [0.15, 0.2) is 11.4 Å². The smallest absolute Gasteiger partial charge is 0.357 e. The minimum absolute atomic E-state index is 0.203. The summed E-state index contributed by atoms with van der Waals surface area (Å²) in [6.45, 7) is 1.77. The second kappa shape index (κ2) is 7.73. The quantitative estimate of drug-likeness (QED) is 0.652. The standard InChI is InChI=1S/C19H16F4N6O/c20-12-4-3-5-14(10-12)29-17(19(21,22)23)16(26-27-29)18(30)25-13-6-7-15(24-11-13)28-8-1-2-9-28/h3-7,10-11H,1-2,8-9H2,(H,25,30). The molecule has 1 aliphatic heterocycles. The molecule has 1 fully saturated rings. The van der Waals surface area contributed by atoms with Crippen LogP contribution >= 0.6 is 0 Å². The van der Waals surface area contributed by atoms with E-state index in [0.29, 0.717) is 4.68 Å². The Balaban J connectivity index is 1.61. The van der Waals surface area contributed by atoms with Crippen molar-refractivity contribution in [2.24, 2.45) is 0 Å². The lowest BCUT2D eigenvalue weighted by Gasteiger charge is -2.16. The van der Waals surface area contributed by atoms with E-state index < -0.39 is 29.3 Å². The molecule has 0 bridgehead atoms. The average Bonchev–Trinajstić information content (AvgIpc) is 3.38. The van der Waals surface area contributed by atoms with Gasteiger partial charge in [0.1, 0.15) is 11.6 Å². The molecule has 0 unspecified atom stereocenters. The molecular formula is C19H16F4N6O. The van der Waals surface area contributed by atoms with Crippen molar-refractivity contribution in [3.63, 3.8) is 0 Å². The highest BCUT2D eigenvalue weighted by Gasteiger charge is 2.42. The fourth-order valence-corrected chi connectivity index (χ4v) is 3.26. The van der Waals surface area contributed by atoms with Gasteiger partial charge in [-0.15, -0.1) is 5.10 Å². The average molecular weight is 420 g/mol. The molecule has 0 spiro atoms. The molecule has 30 heavy (non-hydrogen) atoms. The van der Waals surface area contributed by atoms with Crippen LogP contribution < -0.4 is 10.2 Å². The summed E-state index contributed by atoms with van der Waals surface area (Å²) in [5.74, 6) is -1.11. The van der Waals surface area contributed by atoms with Crippen LogP contribution in [-0.2, 0) is 6.18 Å². The number of hydrogen-bond donors (Lipinski definition) is 1. The number of alkyl halides is 3. The van der Waals surface area contributed by atoms with Crippen LogP contribution in [0.1, 0.15) is 29.0 Å². The predicted molar refractivity (Wildman–Crippen MR) is 100.0 cm³/mol. The van der Waals surface area contributed by atoms with Gasteiger partial charge in [-0.1, -0.05) is 11.3 Å². The third-order valence-corrected chi connectivity index (χ3v) is 4.64. The van der Waals surface area contributed by atoms with Gasteiger partial charge in [0.2, 0.25) is 0 Å². The molecule has 2 aromatic heterocycles. The lowest BCUT2D eigenvalue weighted by molar-refractivity contribution is -0.143. The number of halogens is 4. The van der Waals surface area contributed by atoms with E-state index in [9.17, 15) is 22.4 Å². The van der Waals surface area contributed by atoms with Crippen molar-refractivity contribution in [2.75, 3.05) is 23.3 Å². The van der Waals surface area contributed by atoms with Crippen molar-refractivity contribution < 1.29 is 22.4 Å². The lowest BCUT2D eigenvalue weighted by Crippen LogP contribution is -2.21. The summed E-state index contributed by atoms with van der Waals surface area (Å²) in [6.07, 6.45) is -1.43. The molecule has 1 amide bonds. The van der Waals surface area contributed by atoms with Crippen LogP contribution in [-0.4, -0.2) is 39.0 Å². The summed E-state index contributed by atoms with van der Waals surface area (Å²) in [4.78, 5) is 18.8. The van der Waals surface area contributed by atoms with E-state index in [4.69, 9.17) is 0 Å². The molecule has 3 aromatic rings. The number of nitrogens with zero attached hydrogens (tertiary/aromatic N) is 5. The van der Waals surface area contributed by atoms with Crippen molar-refractivity contribution in [3.05, 3.63) is 59.8 Å². The van der Waals surface area contributed by atoms with Gasteiger partial charge in [0.25, 0.3) is 5.91 Å². The first kappa shape index (κ1) is 19.8. The number of anilines is 2. The topological polar surface area (TPSA) is 75.9 Å². The van der Waals surface area contributed by atoms with E-state index in [1.54, 1.807) is 12.1 Å². The zero-order chi connectivity index (χ0) is 21.3. The van der Waals surface area contributed by atoms with Gasteiger partial charge < -0.3 is 10.2 Å². The van der Waals surface area contributed by atoms with Crippen LogP contribution in [0.15, 0.2) is 42.6 Å². The van der Waals surface area contributed by atoms with E-state index in [1.165, 1.54) is 18.3 Å². The number of rotatable bonds is 4. The molecule has 11 heteroatoms. The fraction of sp³-hybridized carbons (Fsp3) is 0.263. The van der Waals surface area contributed by atoms with Crippen LogP contribution in [0.25, 0.3) is 5.69 Å². The molecule has 7 nitrogen and oxygen atoms in total. The highest BCUT2D eigenvalue weighted by Crippen LogP contribution is 2.33. The summed E-state index contributed by atoms with van der Waals surface area (Å²) < 4.78 is 54.8. The predicted octanol–water partition coefficient (Wildman–Crippen LogP) is 3.67. The molecule has 1 aliphatic rings. The van der Waals surface area contributed by atoms with E-state index in [-0.39, 0.29) is 11.4 Å². The summed E-state index contributed by atoms with van der Waals surface area (Å²) in [6, 6.07) is 7.67. The van der Waals surface area contributed by atoms with Crippen molar-refractivity contribution >= 4 is 17.4 Å². The van der Waals surface area contributed by atoms with Crippen molar-refractivity contribution in [3.8, 4) is 5.69 Å². The van der Waals surface area contributed by atoms with Crippen LogP contribution in [0.2, 0.25) is 0 Å². The molecule has 156 valence electrons. The molecule has 1 aromatic carbocycles. The maximum atomic E-state index is 13.7. The number of benzene rings is 1. The van der Waals surface area contributed by atoms with Crippen LogP contribution in [0.4, 0.5) is 29.1 Å². The number of carbonyl (C=O) groups excluding carboxylic acids is 1. The van der Waals surface area contributed by atoms with Gasteiger partial charge in [0, 0.05) is 13.1 Å². The number of hydrogen-bond acceptors (Lipinski definition) is 5. The molecule has 4 rings (SSSR count). The largest absolute Gasteiger partial charge is 0.435 e. The Labute approximate surface area is 168 Å². The molecular weight excluding hydrogens is 404 g/mol. The van der Waals surface area contributed by atoms with Crippen molar-refractivity contribution in [1.29, 1.82) is 0 Å². The number of amides is 1. The Kier molecular flexibility index (Phi) is 5.10. The highest BCUT2D eigenvalue weighted by molar-refractivity contribution is 6.03. The maximum Gasteiger partial charge on any atom is 0.435 e. The Morgan fingerprint density at radius 2 is 1.87 bits per heavy atom. The second-order valence-corrected chi connectivity index (χ2v) is 6.73. The second-order valence-electron chi connectivity index (χ2n) is 6.73. The van der Waals surface area contributed by atoms with Gasteiger partial charge in [-0.05, 0) is 43.2 Å². The van der Waals surface area contributed by atoms with Crippen LogP contribution in [0.3, 0.4) is 0 Å². The number of pyridine rings is 1. The number of nitrogens with one attached hydrogen (secondary N) is 1. The summed E-state index contributed by atoms with van der Waals surface area (Å²) in [7, 11) is 0. The van der Waals surface area contributed by atoms with E-state index >= 15 is 0 Å². The van der Waals surface area contributed by atoms with Crippen LogP contribution in [0.5, 0.6) is 0 Å². The maximum absolute atomic E-state index is 13.7. The highest BCUT2D eigenvalue weighted by atomic mass is 19.4. The van der Waals surface area contributed by atoms with Gasteiger partial charge >= 0.3 is 6.18 Å². The van der Waals surface area contributed by atoms with Gasteiger partial charge in [-0.25, -0.2) is 14.1 Å². The summed E-state index contributed by atoms with van der Waals surface area (Å²) >= 11 is 0. The van der Waals surface area contributed by atoms with Crippen molar-refractivity contribution in [2.45, 2.75) is 19.0 Å². The summed E-state index contributed by atoms with van der Waals surface area (Å²) in [5.41, 5.74) is -2.30.